The van der Waals surface area contributed by atoms with E-state index in [4.69, 9.17) is 4.74 Å². The van der Waals surface area contributed by atoms with Crippen LogP contribution < -0.4 is 0 Å². The van der Waals surface area contributed by atoms with Crippen molar-refractivity contribution in [2.45, 2.75) is 37.3 Å². The second kappa shape index (κ2) is 6.73. The molecule has 1 aliphatic heterocycles. The Bertz CT molecular complexity index is 820. The number of rotatable bonds is 5. The summed E-state index contributed by atoms with van der Waals surface area (Å²) >= 11 is 0. The standard InChI is InChI=1S/C21H23NO5/c1-21(26,22-11-13(23)10-19(22)20(24)25)27-12-18-16-8-4-2-6-14(16)15-7-3-5-9-17(15)18/h2-9,13,18-19,23,26H,10-12H2,1H3,(H,24,25)/t13?,19-,21?/m0/s1. The van der Waals surface area contributed by atoms with Crippen molar-refractivity contribution in [2.24, 2.45) is 0 Å². The first kappa shape index (κ1) is 18.1. The first-order valence-electron chi connectivity index (χ1n) is 9.10. The molecule has 2 unspecified atom stereocenters. The second-order valence-corrected chi connectivity index (χ2v) is 7.37. The number of aliphatic hydroxyl groups is 2. The van der Waals surface area contributed by atoms with Crippen molar-refractivity contribution in [1.82, 2.24) is 4.90 Å². The van der Waals surface area contributed by atoms with E-state index in [0.29, 0.717) is 0 Å². The van der Waals surface area contributed by atoms with Crippen molar-refractivity contribution < 1.29 is 24.9 Å². The minimum absolute atomic E-state index is 0.0420. The van der Waals surface area contributed by atoms with Crippen molar-refractivity contribution in [3.8, 4) is 11.1 Å². The molecule has 4 rings (SSSR count). The van der Waals surface area contributed by atoms with E-state index >= 15 is 0 Å². The molecular formula is C21H23NO5. The first-order valence-corrected chi connectivity index (χ1v) is 9.10. The van der Waals surface area contributed by atoms with Crippen LogP contribution in [0.4, 0.5) is 0 Å². The van der Waals surface area contributed by atoms with E-state index in [1.807, 2.05) is 24.3 Å². The summed E-state index contributed by atoms with van der Waals surface area (Å²) in [4.78, 5) is 12.8. The van der Waals surface area contributed by atoms with Crippen LogP contribution in [0.5, 0.6) is 0 Å². The molecule has 2 aromatic carbocycles. The Hall–Kier alpha value is -2.25. The Balaban J connectivity index is 1.57. The van der Waals surface area contributed by atoms with E-state index in [9.17, 15) is 20.1 Å². The number of hydrogen-bond acceptors (Lipinski definition) is 5. The lowest BCUT2D eigenvalue weighted by atomic mass is 9.98. The van der Waals surface area contributed by atoms with E-state index in [1.165, 1.54) is 11.8 Å². The maximum absolute atomic E-state index is 11.5. The van der Waals surface area contributed by atoms with Crippen molar-refractivity contribution in [3.05, 3.63) is 59.7 Å². The van der Waals surface area contributed by atoms with Crippen LogP contribution in [0.1, 0.15) is 30.4 Å². The maximum atomic E-state index is 11.5. The van der Waals surface area contributed by atoms with Gasteiger partial charge >= 0.3 is 5.97 Å². The molecule has 1 heterocycles. The summed E-state index contributed by atoms with van der Waals surface area (Å²) in [6, 6.07) is 15.2. The number of likely N-dealkylation sites (tertiary alicyclic amines) is 1. The molecule has 1 saturated heterocycles. The average Bonchev–Trinajstić information content (AvgIpc) is 3.19. The lowest BCUT2D eigenvalue weighted by Crippen LogP contribution is -2.53. The lowest BCUT2D eigenvalue weighted by Gasteiger charge is -2.36. The van der Waals surface area contributed by atoms with Gasteiger partial charge in [-0.15, -0.1) is 0 Å². The zero-order valence-corrected chi connectivity index (χ0v) is 15.1. The number of ether oxygens (including phenoxy) is 1. The van der Waals surface area contributed by atoms with Crippen molar-refractivity contribution in [3.63, 3.8) is 0 Å². The van der Waals surface area contributed by atoms with E-state index in [1.54, 1.807) is 0 Å². The van der Waals surface area contributed by atoms with E-state index in [0.717, 1.165) is 22.3 Å². The van der Waals surface area contributed by atoms with Gasteiger partial charge < -0.3 is 20.1 Å². The molecule has 142 valence electrons. The number of hydrogen-bond donors (Lipinski definition) is 3. The molecule has 0 aromatic heterocycles. The van der Waals surface area contributed by atoms with Crippen LogP contribution in [0.2, 0.25) is 0 Å². The average molecular weight is 369 g/mol. The third-order valence-electron chi connectivity index (χ3n) is 5.58. The van der Waals surface area contributed by atoms with Gasteiger partial charge in [-0.25, -0.2) is 4.90 Å². The fourth-order valence-corrected chi connectivity index (χ4v) is 4.27. The van der Waals surface area contributed by atoms with Gasteiger partial charge in [0.15, 0.2) is 0 Å². The fraction of sp³-hybridized carbons (Fsp3) is 0.381. The van der Waals surface area contributed by atoms with E-state index in [2.05, 4.69) is 24.3 Å². The minimum atomic E-state index is -1.78. The maximum Gasteiger partial charge on any atom is 0.321 e. The minimum Gasteiger partial charge on any atom is -0.480 e. The molecule has 2 aromatic rings. The Morgan fingerprint density at radius 1 is 1.15 bits per heavy atom. The number of β-amino-alcohol motifs (C(OH)–C–C–N with tert-alkyl or cyclic N) is 1. The summed E-state index contributed by atoms with van der Waals surface area (Å²) in [6.45, 7) is 1.70. The Morgan fingerprint density at radius 3 is 2.26 bits per heavy atom. The predicted octanol–water partition coefficient (Wildman–Crippen LogP) is 2.00. The van der Waals surface area contributed by atoms with Crippen molar-refractivity contribution in [2.75, 3.05) is 13.2 Å². The Kier molecular flexibility index (Phi) is 4.52. The summed E-state index contributed by atoms with van der Waals surface area (Å²) in [5.41, 5.74) is 4.57. The molecule has 6 nitrogen and oxygen atoms in total. The van der Waals surface area contributed by atoms with Gasteiger partial charge in [0.25, 0.3) is 0 Å². The van der Waals surface area contributed by atoms with Crippen LogP contribution in [0, 0.1) is 0 Å². The zero-order chi connectivity index (χ0) is 19.2. The van der Waals surface area contributed by atoms with Gasteiger partial charge in [0.1, 0.15) is 6.04 Å². The monoisotopic (exact) mass is 369 g/mol. The van der Waals surface area contributed by atoms with Gasteiger partial charge in [-0.1, -0.05) is 48.5 Å². The second-order valence-electron chi connectivity index (χ2n) is 7.37. The largest absolute Gasteiger partial charge is 0.480 e. The van der Waals surface area contributed by atoms with Crippen LogP contribution in [0.15, 0.2) is 48.5 Å². The molecule has 27 heavy (non-hydrogen) atoms. The van der Waals surface area contributed by atoms with Crippen LogP contribution in [0.3, 0.4) is 0 Å². The molecule has 0 amide bonds. The molecule has 1 fully saturated rings. The van der Waals surface area contributed by atoms with Crippen LogP contribution in [-0.4, -0.2) is 57.4 Å². The highest BCUT2D eigenvalue weighted by atomic mass is 16.6. The van der Waals surface area contributed by atoms with Crippen molar-refractivity contribution in [1.29, 1.82) is 0 Å². The number of benzene rings is 2. The molecule has 0 bridgehead atoms. The Morgan fingerprint density at radius 2 is 1.70 bits per heavy atom. The molecule has 3 N–H and O–H groups in total. The molecule has 6 heteroatoms. The van der Waals surface area contributed by atoms with Gasteiger partial charge in [-0.05, 0) is 22.3 Å². The van der Waals surface area contributed by atoms with Gasteiger partial charge in [-0.2, -0.15) is 0 Å². The number of nitrogens with zero attached hydrogens (tertiary/aromatic N) is 1. The highest BCUT2D eigenvalue weighted by molar-refractivity contribution is 5.78. The van der Waals surface area contributed by atoms with Crippen LogP contribution in [-0.2, 0) is 9.53 Å². The number of carboxylic acids is 1. The van der Waals surface area contributed by atoms with Crippen LogP contribution >= 0.6 is 0 Å². The fourth-order valence-electron chi connectivity index (χ4n) is 4.27. The number of aliphatic hydroxyl groups excluding tert-OH is 1. The van der Waals surface area contributed by atoms with Gasteiger partial charge in [-0.3, -0.25) is 4.79 Å². The van der Waals surface area contributed by atoms with Crippen LogP contribution in [0.25, 0.3) is 11.1 Å². The van der Waals surface area contributed by atoms with E-state index < -0.39 is 24.0 Å². The van der Waals surface area contributed by atoms with Crippen molar-refractivity contribution >= 4 is 5.97 Å². The number of fused-ring (bicyclic) bond motifs is 3. The summed E-state index contributed by atoms with van der Waals surface area (Å²) in [7, 11) is 0. The van der Waals surface area contributed by atoms with Gasteiger partial charge in [0.2, 0.25) is 5.91 Å². The summed E-state index contributed by atoms with van der Waals surface area (Å²) in [6.07, 6.45) is -0.724. The van der Waals surface area contributed by atoms with E-state index in [-0.39, 0.29) is 25.5 Å². The quantitative estimate of drug-likeness (QED) is 0.699. The molecule has 2 aliphatic rings. The molecule has 1 aliphatic carbocycles. The normalized spacial score (nSPS) is 24.4. The first-order chi connectivity index (χ1) is 12.9. The molecular weight excluding hydrogens is 346 g/mol. The third-order valence-corrected chi connectivity index (χ3v) is 5.58. The SMILES string of the molecule is CC(O)(OCC1c2ccccc2-c2ccccc21)N1CC(O)C[C@H]1C(=O)O. The molecule has 3 atom stereocenters. The topological polar surface area (TPSA) is 90.2 Å². The number of aliphatic carboxylic acids is 1. The molecule has 0 spiro atoms. The molecule has 0 saturated carbocycles. The Labute approximate surface area is 157 Å². The van der Waals surface area contributed by atoms with Gasteiger partial charge in [0, 0.05) is 25.8 Å². The lowest BCUT2D eigenvalue weighted by molar-refractivity contribution is -0.286. The predicted molar refractivity (Wildman–Crippen MR) is 99.1 cm³/mol. The number of carbonyl (C=O) groups is 1. The zero-order valence-electron chi connectivity index (χ0n) is 15.1. The van der Waals surface area contributed by atoms with Gasteiger partial charge in [0.05, 0.1) is 12.7 Å². The molecule has 0 radical (unpaired) electrons. The third kappa shape index (κ3) is 3.15. The smallest absolute Gasteiger partial charge is 0.321 e. The summed E-state index contributed by atoms with van der Waals surface area (Å²) < 4.78 is 5.85. The summed E-state index contributed by atoms with van der Waals surface area (Å²) in [5.74, 6) is -2.90. The number of carboxylic acid groups (broad SMARTS) is 1. The summed E-state index contributed by atoms with van der Waals surface area (Å²) in [5, 5.41) is 30.1. The highest BCUT2D eigenvalue weighted by Crippen LogP contribution is 2.45. The highest BCUT2D eigenvalue weighted by Gasteiger charge is 2.46.